The predicted octanol–water partition coefficient (Wildman–Crippen LogP) is 1.69. The first-order valence-electron chi connectivity index (χ1n) is 7.27. The molecule has 0 aromatic carbocycles. The first-order chi connectivity index (χ1) is 8.58. The molecule has 3 aliphatic rings. The van der Waals surface area contributed by atoms with Gasteiger partial charge in [0.2, 0.25) is 0 Å². The van der Waals surface area contributed by atoms with Gasteiger partial charge in [-0.05, 0) is 73.0 Å². The van der Waals surface area contributed by atoms with E-state index in [2.05, 4.69) is 23.9 Å². The average Bonchev–Trinajstić information content (AvgIpc) is 2.89. The number of alkyl halides is 1. The second-order valence-electron chi connectivity index (χ2n) is 5.82. The fraction of sp³-hybridized carbons (Fsp3) is 1.00. The molecule has 3 nitrogen and oxygen atoms in total. The quantitative estimate of drug-likeness (QED) is 0.655. The van der Waals surface area contributed by atoms with Crippen LogP contribution in [-0.2, 0) is 0 Å². The van der Waals surface area contributed by atoms with Crippen molar-refractivity contribution >= 4 is 0 Å². The van der Waals surface area contributed by atoms with E-state index >= 15 is 0 Å². The summed E-state index contributed by atoms with van der Waals surface area (Å²) in [5.74, 6) is 0. The maximum Gasteiger partial charge on any atom is 0.114 e. The zero-order chi connectivity index (χ0) is 13.4. The molecule has 1 unspecified atom stereocenters. The van der Waals surface area contributed by atoms with Gasteiger partial charge in [0.1, 0.15) is 6.17 Å². The molecule has 3 saturated heterocycles. The lowest BCUT2D eigenvalue weighted by molar-refractivity contribution is 0.229. The second kappa shape index (κ2) is 8.83. The molecule has 0 N–H and O–H groups in total. The van der Waals surface area contributed by atoms with Crippen LogP contribution in [0.3, 0.4) is 0 Å². The van der Waals surface area contributed by atoms with Gasteiger partial charge >= 0.3 is 0 Å². The van der Waals surface area contributed by atoms with E-state index in [1.807, 2.05) is 11.9 Å². The Kier molecular flexibility index (Phi) is 7.79. The highest BCUT2D eigenvalue weighted by atomic mass is 19.1. The van der Waals surface area contributed by atoms with Crippen molar-refractivity contribution in [3.63, 3.8) is 0 Å². The third kappa shape index (κ3) is 7.29. The van der Waals surface area contributed by atoms with Crippen LogP contribution >= 0.6 is 0 Å². The van der Waals surface area contributed by atoms with E-state index in [4.69, 9.17) is 0 Å². The molecule has 0 amide bonds. The molecule has 3 heterocycles. The summed E-state index contributed by atoms with van der Waals surface area (Å²) in [5, 5.41) is 0. The molecule has 0 spiro atoms. The summed E-state index contributed by atoms with van der Waals surface area (Å²) in [5.41, 5.74) is 0. The van der Waals surface area contributed by atoms with E-state index in [1.165, 1.54) is 45.4 Å². The van der Waals surface area contributed by atoms with Gasteiger partial charge in [0.25, 0.3) is 0 Å². The summed E-state index contributed by atoms with van der Waals surface area (Å²) >= 11 is 0. The van der Waals surface area contributed by atoms with Gasteiger partial charge in [-0.1, -0.05) is 0 Å². The van der Waals surface area contributed by atoms with Crippen molar-refractivity contribution in [3.05, 3.63) is 0 Å². The van der Waals surface area contributed by atoms with Crippen LogP contribution in [0.1, 0.15) is 25.7 Å². The summed E-state index contributed by atoms with van der Waals surface area (Å²) in [7, 11) is 6.26. The van der Waals surface area contributed by atoms with Crippen LogP contribution in [0.5, 0.6) is 0 Å². The molecule has 0 aromatic heterocycles. The van der Waals surface area contributed by atoms with Crippen LogP contribution in [0.15, 0.2) is 0 Å². The van der Waals surface area contributed by atoms with Gasteiger partial charge in [0, 0.05) is 13.1 Å². The standard InChI is InChI=1S/C5H10FN.C5H11N.C4H9N/c1-7-3-2-5(6)4-7;1-6-4-2-3-5-6;1-5-3-2-4-5/h5H,2-4H2,1H3;2-5H2,1H3;2-4H2,1H3. The van der Waals surface area contributed by atoms with Gasteiger partial charge in [-0.3, -0.25) is 0 Å². The van der Waals surface area contributed by atoms with Crippen LogP contribution in [0, 0.1) is 0 Å². The van der Waals surface area contributed by atoms with Gasteiger partial charge in [0.15, 0.2) is 0 Å². The van der Waals surface area contributed by atoms with Gasteiger partial charge in [-0.25, -0.2) is 4.39 Å². The molecule has 18 heavy (non-hydrogen) atoms. The minimum atomic E-state index is -0.551. The number of rotatable bonds is 0. The van der Waals surface area contributed by atoms with E-state index in [0.717, 1.165) is 13.0 Å². The number of hydrogen-bond donors (Lipinski definition) is 0. The van der Waals surface area contributed by atoms with Gasteiger partial charge in [-0.15, -0.1) is 0 Å². The molecule has 1 atom stereocenters. The highest BCUT2D eigenvalue weighted by molar-refractivity contribution is 4.70. The first kappa shape index (κ1) is 15.9. The maximum absolute atomic E-state index is 12.1. The summed E-state index contributed by atoms with van der Waals surface area (Å²) < 4.78 is 12.1. The van der Waals surface area contributed by atoms with Crippen LogP contribution in [0.2, 0.25) is 0 Å². The van der Waals surface area contributed by atoms with Crippen LogP contribution in [0.25, 0.3) is 0 Å². The molecule has 108 valence electrons. The molecule has 3 fully saturated rings. The highest BCUT2D eigenvalue weighted by Gasteiger charge is 2.17. The number of halogens is 1. The first-order valence-corrected chi connectivity index (χ1v) is 7.27. The van der Waals surface area contributed by atoms with E-state index in [-0.39, 0.29) is 0 Å². The summed E-state index contributed by atoms with van der Waals surface area (Å²) in [6.45, 7) is 6.85. The summed E-state index contributed by atoms with van der Waals surface area (Å²) in [4.78, 5) is 6.67. The highest BCUT2D eigenvalue weighted by Crippen LogP contribution is 2.08. The Bertz CT molecular complexity index is 195. The fourth-order valence-electron chi connectivity index (χ4n) is 2.23. The topological polar surface area (TPSA) is 9.72 Å². The van der Waals surface area contributed by atoms with Crippen molar-refractivity contribution in [1.29, 1.82) is 0 Å². The molecular weight excluding hydrogens is 229 g/mol. The second-order valence-corrected chi connectivity index (χ2v) is 5.82. The third-order valence-corrected chi connectivity index (χ3v) is 3.74. The largest absolute Gasteiger partial charge is 0.306 e. The van der Waals surface area contributed by atoms with Crippen molar-refractivity contribution in [3.8, 4) is 0 Å². The zero-order valence-electron chi connectivity index (χ0n) is 12.4. The Morgan fingerprint density at radius 1 is 0.722 bits per heavy atom. The molecule has 3 rings (SSSR count). The third-order valence-electron chi connectivity index (χ3n) is 3.74. The van der Waals surface area contributed by atoms with Gasteiger partial charge in [-0.2, -0.15) is 0 Å². The summed E-state index contributed by atoms with van der Waals surface area (Å²) in [6, 6.07) is 0. The van der Waals surface area contributed by atoms with Gasteiger partial charge < -0.3 is 14.7 Å². The lowest BCUT2D eigenvalue weighted by Gasteiger charge is -2.24. The molecule has 3 aliphatic heterocycles. The van der Waals surface area contributed by atoms with E-state index < -0.39 is 6.17 Å². The Morgan fingerprint density at radius 2 is 1.22 bits per heavy atom. The minimum absolute atomic E-state index is 0.551. The van der Waals surface area contributed by atoms with Crippen molar-refractivity contribution in [1.82, 2.24) is 14.7 Å². The summed E-state index contributed by atoms with van der Waals surface area (Å²) in [6.07, 6.45) is 4.42. The minimum Gasteiger partial charge on any atom is -0.306 e. The van der Waals surface area contributed by atoms with Crippen LogP contribution in [0.4, 0.5) is 4.39 Å². The molecule has 0 saturated carbocycles. The fourth-order valence-corrected chi connectivity index (χ4v) is 2.23. The molecule has 0 bridgehead atoms. The molecule has 0 radical (unpaired) electrons. The van der Waals surface area contributed by atoms with Crippen LogP contribution in [-0.4, -0.2) is 81.3 Å². The van der Waals surface area contributed by atoms with E-state index in [1.54, 1.807) is 0 Å². The smallest absolute Gasteiger partial charge is 0.114 e. The lowest BCUT2D eigenvalue weighted by Crippen LogP contribution is -2.32. The number of likely N-dealkylation sites (tertiary alicyclic amines) is 3. The van der Waals surface area contributed by atoms with Gasteiger partial charge in [0.05, 0.1) is 0 Å². The Labute approximate surface area is 112 Å². The predicted molar refractivity (Wildman–Crippen MR) is 75.9 cm³/mol. The Hall–Kier alpha value is -0.190. The Morgan fingerprint density at radius 3 is 1.33 bits per heavy atom. The molecular formula is C14H30FN3. The van der Waals surface area contributed by atoms with Crippen molar-refractivity contribution in [2.75, 3.05) is 60.4 Å². The normalized spacial score (nSPS) is 29.0. The monoisotopic (exact) mass is 259 g/mol. The van der Waals surface area contributed by atoms with Crippen molar-refractivity contribution in [2.45, 2.75) is 31.9 Å². The molecule has 0 aromatic rings. The van der Waals surface area contributed by atoms with Crippen LogP contribution < -0.4 is 0 Å². The van der Waals surface area contributed by atoms with Crippen molar-refractivity contribution in [2.24, 2.45) is 0 Å². The Balaban J connectivity index is 0.000000137. The van der Waals surface area contributed by atoms with E-state index in [9.17, 15) is 4.39 Å². The maximum atomic E-state index is 12.1. The molecule has 4 heteroatoms. The lowest BCUT2D eigenvalue weighted by atomic mass is 10.3. The van der Waals surface area contributed by atoms with Crippen molar-refractivity contribution < 1.29 is 4.39 Å². The molecule has 0 aliphatic carbocycles. The number of hydrogen-bond acceptors (Lipinski definition) is 3. The van der Waals surface area contributed by atoms with E-state index in [0.29, 0.717) is 6.54 Å². The SMILES string of the molecule is CN1CCC(F)C1.CN1CCC1.CN1CCCC1. The zero-order valence-corrected chi connectivity index (χ0v) is 12.4. The average molecular weight is 259 g/mol. The number of nitrogens with zero attached hydrogens (tertiary/aromatic N) is 3.